The molecule has 0 nitrogen and oxygen atoms in total. The van der Waals surface area contributed by atoms with Crippen LogP contribution in [0.5, 0.6) is 0 Å². The highest BCUT2D eigenvalue weighted by molar-refractivity contribution is 5.04. The lowest BCUT2D eigenvalue weighted by molar-refractivity contribution is -0.147. The van der Waals surface area contributed by atoms with Gasteiger partial charge in [0, 0.05) is 12.3 Å². The fraction of sp³-hybridized carbons (Fsp3) is 1.00. The summed E-state index contributed by atoms with van der Waals surface area (Å²) in [6.07, 6.45) is 15.0. The van der Waals surface area contributed by atoms with Gasteiger partial charge < -0.3 is 0 Å². The Morgan fingerprint density at radius 1 is 0.870 bits per heavy atom. The van der Waals surface area contributed by atoms with Crippen LogP contribution in [0.25, 0.3) is 0 Å². The molecule has 0 aliphatic heterocycles. The van der Waals surface area contributed by atoms with Crippen molar-refractivity contribution in [3.8, 4) is 0 Å². The van der Waals surface area contributed by atoms with Crippen molar-refractivity contribution in [2.24, 2.45) is 22.7 Å². The van der Waals surface area contributed by atoms with Crippen molar-refractivity contribution in [2.45, 2.75) is 110 Å². The molecule has 0 aromatic heterocycles. The summed E-state index contributed by atoms with van der Waals surface area (Å²) in [4.78, 5) is 0. The lowest BCUT2D eigenvalue weighted by atomic mass is 9.47. The van der Waals surface area contributed by atoms with Gasteiger partial charge >= 0.3 is 0 Å². The highest BCUT2D eigenvalue weighted by atomic mass is 19.3. The van der Waals surface area contributed by atoms with Gasteiger partial charge in [0.2, 0.25) is 0 Å². The van der Waals surface area contributed by atoms with Crippen molar-refractivity contribution >= 4 is 0 Å². The van der Waals surface area contributed by atoms with Crippen molar-refractivity contribution in [2.75, 3.05) is 0 Å². The highest BCUT2D eigenvalue weighted by Gasteiger charge is 2.55. The molecule has 2 atom stereocenters. The Morgan fingerprint density at radius 3 is 2.04 bits per heavy atom. The summed E-state index contributed by atoms with van der Waals surface area (Å²) in [5.74, 6) is -2.43. The van der Waals surface area contributed by atoms with Crippen molar-refractivity contribution in [1.29, 1.82) is 0 Å². The topological polar surface area (TPSA) is 0 Å². The van der Waals surface area contributed by atoms with E-state index in [4.69, 9.17) is 0 Å². The number of halogens is 2. The molecule has 0 N–H and O–H groups in total. The van der Waals surface area contributed by atoms with Crippen LogP contribution in [-0.4, -0.2) is 5.92 Å². The second-order valence-corrected chi connectivity index (χ2v) is 9.15. The van der Waals surface area contributed by atoms with E-state index in [9.17, 15) is 8.78 Å². The van der Waals surface area contributed by atoms with Crippen molar-refractivity contribution in [1.82, 2.24) is 0 Å². The van der Waals surface area contributed by atoms with E-state index in [1.54, 1.807) is 0 Å². The van der Waals surface area contributed by atoms with E-state index in [-0.39, 0.29) is 17.8 Å². The average molecular weight is 327 g/mol. The summed E-state index contributed by atoms with van der Waals surface area (Å²) in [6, 6.07) is 0. The summed E-state index contributed by atoms with van der Waals surface area (Å²) in [6.45, 7) is 4.48. The maximum absolute atomic E-state index is 14.8. The Labute approximate surface area is 141 Å². The molecule has 0 saturated heterocycles. The number of fused-ring (bicyclic) bond motifs is 3. The molecule has 0 aromatic rings. The molecule has 0 unspecified atom stereocenters. The minimum atomic E-state index is -2.40. The number of hydrogen-bond donors (Lipinski definition) is 0. The number of unbranched alkanes of at least 4 members (excludes halogenated alkanes) is 2. The maximum atomic E-state index is 14.8. The molecule has 0 radical (unpaired) electrons. The fourth-order valence-corrected chi connectivity index (χ4v) is 6.16. The largest absolute Gasteiger partial charge is 0.251 e. The summed E-state index contributed by atoms with van der Waals surface area (Å²) >= 11 is 0. The first-order valence-corrected chi connectivity index (χ1v) is 10.3. The summed E-state index contributed by atoms with van der Waals surface area (Å²) in [5, 5.41) is 0. The predicted molar refractivity (Wildman–Crippen MR) is 92.8 cm³/mol. The molecule has 4 saturated carbocycles. The lowest BCUT2D eigenvalue weighted by Crippen LogP contribution is -2.49. The van der Waals surface area contributed by atoms with Crippen LogP contribution >= 0.6 is 0 Å². The van der Waals surface area contributed by atoms with Gasteiger partial charge in [0.15, 0.2) is 0 Å². The van der Waals surface area contributed by atoms with Crippen molar-refractivity contribution < 1.29 is 8.78 Å². The molecule has 0 aromatic carbocycles. The molecule has 4 rings (SSSR count). The summed E-state index contributed by atoms with van der Waals surface area (Å²) in [7, 11) is 0. The number of rotatable bonds is 6. The van der Waals surface area contributed by atoms with Gasteiger partial charge in [-0.15, -0.1) is 0 Å². The standard InChI is InChI=1S/C21H36F2/c1-3-5-6-7-17-8-9-18(16-21(17,22)23)20-13-10-19(4-2,11-14-20)12-15-20/h17-18H,3-16H2,1-2H3/t17-,18-,19?,20?/m0/s1. The zero-order valence-electron chi connectivity index (χ0n) is 15.3. The van der Waals surface area contributed by atoms with Crippen molar-refractivity contribution in [3.05, 3.63) is 0 Å². The Bertz CT molecular complexity index is 376. The molecule has 0 spiro atoms. The van der Waals surface area contributed by atoms with Gasteiger partial charge in [0.1, 0.15) is 0 Å². The molecule has 0 amide bonds. The Kier molecular flexibility index (Phi) is 5.10. The Balaban J connectivity index is 1.61. The first kappa shape index (κ1) is 17.7. The van der Waals surface area contributed by atoms with Gasteiger partial charge in [-0.1, -0.05) is 39.5 Å². The van der Waals surface area contributed by atoms with E-state index in [0.29, 0.717) is 11.3 Å². The second-order valence-electron chi connectivity index (χ2n) is 9.15. The van der Waals surface area contributed by atoms with Gasteiger partial charge in [-0.3, -0.25) is 0 Å². The lowest BCUT2D eigenvalue weighted by Gasteiger charge is -2.58. The molecule has 2 bridgehead atoms. The third-order valence-electron chi connectivity index (χ3n) is 8.21. The third-order valence-corrected chi connectivity index (χ3v) is 8.21. The van der Waals surface area contributed by atoms with Crippen LogP contribution in [0.1, 0.15) is 104 Å². The Morgan fingerprint density at radius 2 is 1.52 bits per heavy atom. The second kappa shape index (κ2) is 6.64. The van der Waals surface area contributed by atoms with Crippen molar-refractivity contribution in [3.63, 3.8) is 0 Å². The molecule has 4 aliphatic rings. The van der Waals surface area contributed by atoms with Crippen LogP contribution in [0.15, 0.2) is 0 Å². The number of hydrogen-bond acceptors (Lipinski definition) is 0. The first-order chi connectivity index (χ1) is 11.0. The SMILES string of the molecule is CCCCC[C@H]1CC[C@H](C23CCC(CC)(CC2)CC3)CC1(F)F. The van der Waals surface area contributed by atoms with Crippen LogP contribution in [0, 0.1) is 22.7 Å². The number of alkyl halides is 2. The van der Waals surface area contributed by atoms with E-state index in [2.05, 4.69) is 13.8 Å². The van der Waals surface area contributed by atoms with Crippen LogP contribution in [-0.2, 0) is 0 Å². The van der Waals surface area contributed by atoms with E-state index in [0.717, 1.165) is 38.5 Å². The summed E-state index contributed by atoms with van der Waals surface area (Å²) in [5.41, 5.74) is 0.871. The highest BCUT2D eigenvalue weighted by Crippen LogP contribution is 2.64. The molecule has 4 aliphatic carbocycles. The normalized spacial score (nSPS) is 42.8. The van der Waals surface area contributed by atoms with E-state index in [1.807, 2.05) is 0 Å². The zero-order chi connectivity index (χ0) is 16.6. The van der Waals surface area contributed by atoms with Gasteiger partial charge in [0.05, 0.1) is 0 Å². The Hall–Kier alpha value is -0.140. The minimum Gasteiger partial charge on any atom is -0.207 e. The van der Waals surface area contributed by atoms with Gasteiger partial charge in [-0.25, -0.2) is 8.78 Å². The van der Waals surface area contributed by atoms with Gasteiger partial charge in [-0.2, -0.15) is 0 Å². The van der Waals surface area contributed by atoms with Crippen LogP contribution in [0.2, 0.25) is 0 Å². The quantitative estimate of drug-likeness (QED) is 0.447. The molecule has 2 heteroatoms. The molecule has 134 valence electrons. The zero-order valence-corrected chi connectivity index (χ0v) is 15.3. The van der Waals surface area contributed by atoms with E-state index < -0.39 is 5.92 Å². The van der Waals surface area contributed by atoms with Crippen LogP contribution < -0.4 is 0 Å². The molecule has 23 heavy (non-hydrogen) atoms. The molecule has 0 heterocycles. The van der Waals surface area contributed by atoms with Crippen LogP contribution in [0.3, 0.4) is 0 Å². The molecular formula is C21H36F2. The van der Waals surface area contributed by atoms with Crippen LogP contribution in [0.4, 0.5) is 8.78 Å². The summed E-state index contributed by atoms with van der Waals surface area (Å²) < 4.78 is 29.5. The van der Waals surface area contributed by atoms with E-state index in [1.165, 1.54) is 44.9 Å². The fourth-order valence-electron chi connectivity index (χ4n) is 6.16. The average Bonchev–Trinajstić information content (AvgIpc) is 2.57. The monoisotopic (exact) mass is 326 g/mol. The first-order valence-electron chi connectivity index (χ1n) is 10.3. The van der Waals surface area contributed by atoms with E-state index >= 15 is 0 Å². The smallest absolute Gasteiger partial charge is 0.207 e. The molecular weight excluding hydrogens is 290 g/mol. The predicted octanol–water partition coefficient (Wildman–Crippen LogP) is 7.37. The maximum Gasteiger partial charge on any atom is 0.251 e. The third kappa shape index (κ3) is 3.33. The minimum absolute atomic E-state index is 0.197. The van der Waals surface area contributed by atoms with Gasteiger partial charge in [-0.05, 0) is 74.5 Å². The van der Waals surface area contributed by atoms with Gasteiger partial charge in [0.25, 0.3) is 5.92 Å². The molecule has 4 fully saturated rings.